The first-order valence-corrected chi connectivity index (χ1v) is 3.92. The van der Waals surface area contributed by atoms with Gasteiger partial charge < -0.3 is 16.8 Å². The van der Waals surface area contributed by atoms with Crippen LogP contribution in [-0.4, -0.2) is 17.4 Å². The Labute approximate surface area is 76.1 Å². The van der Waals surface area contributed by atoms with E-state index in [1.54, 1.807) is 18.2 Å². The molecule has 0 spiro atoms. The van der Waals surface area contributed by atoms with E-state index in [9.17, 15) is 4.79 Å². The van der Waals surface area contributed by atoms with Gasteiger partial charge >= 0.3 is 0 Å². The molecule has 1 aromatic heterocycles. The summed E-state index contributed by atoms with van der Waals surface area (Å²) in [6, 6.07) is 5.26. The molecule has 5 N–H and O–H groups in total. The average molecular weight is 180 g/mol. The summed E-state index contributed by atoms with van der Waals surface area (Å²) < 4.78 is 0. The van der Waals surface area contributed by atoms with Crippen molar-refractivity contribution in [2.45, 2.75) is 6.54 Å². The van der Waals surface area contributed by atoms with Crippen LogP contribution in [-0.2, 0) is 11.3 Å². The van der Waals surface area contributed by atoms with Gasteiger partial charge in [-0.1, -0.05) is 6.07 Å². The molecule has 0 aliphatic rings. The van der Waals surface area contributed by atoms with Crippen LogP contribution in [0.5, 0.6) is 0 Å². The summed E-state index contributed by atoms with van der Waals surface area (Å²) in [5.74, 6) is 0.222. The summed E-state index contributed by atoms with van der Waals surface area (Å²) in [6.07, 6.45) is 0. The van der Waals surface area contributed by atoms with E-state index in [0.717, 1.165) is 5.69 Å². The maximum atomic E-state index is 10.9. The van der Waals surface area contributed by atoms with Crippen LogP contribution in [0, 0.1) is 0 Å². The zero-order valence-corrected chi connectivity index (χ0v) is 7.16. The molecule has 0 aliphatic carbocycles. The lowest BCUT2D eigenvalue weighted by Crippen LogP contribution is -2.22. The predicted octanol–water partition coefficient (Wildman–Crippen LogP) is -0.563. The molecule has 0 radical (unpaired) electrons. The average Bonchev–Trinajstić information content (AvgIpc) is 2.18. The van der Waals surface area contributed by atoms with Gasteiger partial charge in [0.25, 0.3) is 0 Å². The van der Waals surface area contributed by atoms with Gasteiger partial charge in [0, 0.05) is 6.54 Å². The van der Waals surface area contributed by atoms with Crippen molar-refractivity contribution in [3.8, 4) is 0 Å². The van der Waals surface area contributed by atoms with E-state index in [1.807, 2.05) is 0 Å². The smallest absolute Gasteiger partial charge is 0.239 e. The quantitative estimate of drug-likeness (QED) is 0.581. The molecule has 0 atom stereocenters. The molecule has 70 valence electrons. The molecule has 0 aliphatic heterocycles. The molecule has 0 aromatic carbocycles. The highest BCUT2D eigenvalue weighted by Crippen LogP contribution is 2.03. The SMILES string of the molecule is NCC(=O)Nc1cccc(CN)n1. The first-order chi connectivity index (χ1) is 6.26. The molecule has 0 bridgehead atoms. The van der Waals surface area contributed by atoms with E-state index < -0.39 is 0 Å². The molecule has 13 heavy (non-hydrogen) atoms. The minimum atomic E-state index is -0.262. The van der Waals surface area contributed by atoms with Gasteiger partial charge in [0.15, 0.2) is 0 Å². The van der Waals surface area contributed by atoms with E-state index in [0.29, 0.717) is 12.4 Å². The number of nitrogens with two attached hydrogens (primary N) is 2. The van der Waals surface area contributed by atoms with Crippen LogP contribution in [0.4, 0.5) is 5.82 Å². The molecule has 0 saturated heterocycles. The summed E-state index contributed by atoms with van der Waals surface area (Å²) in [7, 11) is 0. The van der Waals surface area contributed by atoms with E-state index in [4.69, 9.17) is 11.5 Å². The van der Waals surface area contributed by atoms with Crippen molar-refractivity contribution in [3.63, 3.8) is 0 Å². The molecule has 0 unspecified atom stereocenters. The zero-order chi connectivity index (χ0) is 9.68. The number of nitrogens with zero attached hydrogens (tertiary/aromatic N) is 1. The van der Waals surface area contributed by atoms with Crippen LogP contribution < -0.4 is 16.8 Å². The summed E-state index contributed by atoms with van der Waals surface area (Å²) >= 11 is 0. The lowest BCUT2D eigenvalue weighted by Gasteiger charge is -2.03. The molecule has 1 aromatic rings. The third-order valence-corrected chi connectivity index (χ3v) is 1.47. The summed E-state index contributed by atoms with van der Waals surface area (Å²) in [5, 5.41) is 2.54. The van der Waals surface area contributed by atoms with Crippen molar-refractivity contribution in [2.24, 2.45) is 11.5 Å². The van der Waals surface area contributed by atoms with Crippen molar-refractivity contribution >= 4 is 11.7 Å². The molecular formula is C8H12N4O. The number of carbonyl (C=O) groups is 1. The van der Waals surface area contributed by atoms with Crippen LogP contribution >= 0.6 is 0 Å². The molecule has 1 heterocycles. The van der Waals surface area contributed by atoms with Crippen molar-refractivity contribution in [1.82, 2.24) is 4.98 Å². The molecule has 5 nitrogen and oxygen atoms in total. The maximum Gasteiger partial charge on any atom is 0.239 e. The fourth-order valence-corrected chi connectivity index (χ4v) is 0.857. The Balaban J connectivity index is 2.71. The lowest BCUT2D eigenvalue weighted by atomic mass is 10.3. The van der Waals surface area contributed by atoms with Crippen molar-refractivity contribution in [1.29, 1.82) is 0 Å². The van der Waals surface area contributed by atoms with Gasteiger partial charge in [-0.25, -0.2) is 4.98 Å². The molecule has 1 amide bonds. The summed E-state index contributed by atoms with van der Waals surface area (Å²) in [5.41, 5.74) is 11.2. The number of rotatable bonds is 3. The van der Waals surface area contributed by atoms with Gasteiger partial charge in [0.05, 0.1) is 12.2 Å². The van der Waals surface area contributed by atoms with Gasteiger partial charge in [0.1, 0.15) is 5.82 Å². The van der Waals surface area contributed by atoms with Crippen LogP contribution in [0.2, 0.25) is 0 Å². The zero-order valence-electron chi connectivity index (χ0n) is 7.16. The molecule has 5 heteroatoms. The second-order valence-corrected chi connectivity index (χ2v) is 2.47. The minimum Gasteiger partial charge on any atom is -0.325 e. The first-order valence-electron chi connectivity index (χ1n) is 3.92. The number of hydrogen-bond donors (Lipinski definition) is 3. The fourth-order valence-electron chi connectivity index (χ4n) is 0.857. The van der Waals surface area contributed by atoms with Gasteiger partial charge in [-0.05, 0) is 12.1 Å². The largest absolute Gasteiger partial charge is 0.325 e. The van der Waals surface area contributed by atoms with Crippen molar-refractivity contribution in [2.75, 3.05) is 11.9 Å². The number of carbonyl (C=O) groups excluding carboxylic acids is 1. The highest BCUT2D eigenvalue weighted by atomic mass is 16.1. The highest BCUT2D eigenvalue weighted by molar-refractivity contribution is 5.91. The van der Waals surface area contributed by atoms with Crippen LogP contribution in [0.1, 0.15) is 5.69 Å². The van der Waals surface area contributed by atoms with Gasteiger partial charge in [-0.2, -0.15) is 0 Å². The molecule has 1 rings (SSSR count). The molecule has 0 fully saturated rings. The topological polar surface area (TPSA) is 94.0 Å². The monoisotopic (exact) mass is 180 g/mol. The fraction of sp³-hybridized carbons (Fsp3) is 0.250. The summed E-state index contributed by atoms with van der Waals surface area (Å²) in [6.45, 7) is 0.306. The number of amides is 1. The van der Waals surface area contributed by atoms with Crippen LogP contribution in [0.3, 0.4) is 0 Å². The number of pyridine rings is 1. The normalized spacial score (nSPS) is 9.69. The molecule has 0 saturated carbocycles. The number of nitrogens with one attached hydrogen (secondary N) is 1. The standard InChI is InChI=1S/C8H12N4O/c9-4-6-2-1-3-7(11-6)12-8(13)5-10/h1-3H,4-5,9-10H2,(H,11,12,13). The van der Waals surface area contributed by atoms with E-state index in [-0.39, 0.29) is 12.5 Å². The molecular weight excluding hydrogens is 168 g/mol. The highest BCUT2D eigenvalue weighted by Gasteiger charge is 2.00. The Morgan fingerprint density at radius 3 is 2.85 bits per heavy atom. The number of anilines is 1. The third kappa shape index (κ3) is 2.81. The predicted molar refractivity (Wildman–Crippen MR) is 49.8 cm³/mol. The number of hydrogen-bond acceptors (Lipinski definition) is 4. The van der Waals surface area contributed by atoms with Gasteiger partial charge in [-0.15, -0.1) is 0 Å². The minimum absolute atomic E-state index is 0.0471. The van der Waals surface area contributed by atoms with Gasteiger partial charge in [-0.3, -0.25) is 4.79 Å². The van der Waals surface area contributed by atoms with Gasteiger partial charge in [0.2, 0.25) is 5.91 Å². The van der Waals surface area contributed by atoms with Crippen molar-refractivity contribution < 1.29 is 4.79 Å². The van der Waals surface area contributed by atoms with E-state index in [1.165, 1.54) is 0 Å². The third-order valence-electron chi connectivity index (χ3n) is 1.47. The maximum absolute atomic E-state index is 10.9. The second-order valence-electron chi connectivity index (χ2n) is 2.47. The Kier molecular flexibility index (Phi) is 3.36. The van der Waals surface area contributed by atoms with Crippen LogP contribution in [0.15, 0.2) is 18.2 Å². The first kappa shape index (κ1) is 9.63. The van der Waals surface area contributed by atoms with E-state index in [2.05, 4.69) is 10.3 Å². The van der Waals surface area contributed by atoms with E-state index >= 15 is 0 Å². The Bertz CT molecular complexity index is 300. The van der Waals surface area contributed by atoms with Crippen LogP contribution in [0.25, 0.3) is 0 Å². The number of aromatic nitrogens is 1. The lowest BCUT2D eigenvalue weighted by molar-refractivity contribution is -0.114. The summed E-state index contributed by atoms with van der Waals surface area (Å²) in [4.78, 5) is 14.9. The van der Waals surface area contributed by atoms with Crippen molar-refractivity contribution in [3.05, 3.63) is 23.9 Å². The second kappa shape index (κ2) is 4.54. The Hall–Kier alpha value is -1.46. The Morgan fingerprint density at radius 2 is 2.23 bits per heavy atom. The Morgan fingerprint density at radius 1 is 1.46 bits per heavy atom.